The molecule has 0 saturated heterocycles. The van der Waals surface area contributed by atoms with Crippen molar-refractivity contribution in [3.05, 3.63) is 45.9 Å². The molecule has 4 heteroatoms. The van der Waals surface area contributed by atoms with Gasteiger partial charge in [-0.3, -0.25) is 4.98 Å². The van der Waals surface area contributed by atoms with Gasteiger partial charge in [0.05, 0.1) is 17.4 Å². The molecule has 2 heterocycles. The summed E-state index contributed by atoms with van der Waals surface area (Å²) in [6.07, 6.45) is 3.59. The van der Waals surface area contributed by atoms with Gasteiger partial charge in [0, 0.05) is 23.0 Å². The maximum atomic E-state index is 8.71. The van der Waals surface area contributed by atoms with Crippen molar-refractivity contribution in [3.8, 4) is 6.07 Å². The van der Waals surface area contributed by atoms with Crippen LogP contribution in [0, 0.1) is 18.3 Å². The van der Waals surface area contributed by atoms with E-state index in [2.05, 4.69) is 16.4 Å². The lowest BCUT2D eigenvalue weighted by molar-refractivity contribution is 1.15. The molecule has 80 valence electrons. The van der Waals surface area contributed by atoms with Crippen molar-refractivity contribution in [2.45, 2.75) is 13.5 Å². The van der Waals surface area contributed by atoms with Gasteiger partial charge < -0.3 is 5.32 Å². The Hall–Kier alpha value is -1.86. The first-order valence-corrected chi connectivity index (χ1v) is 5.79. The Morgan fingerprint density at radius 1 is 1.56 bits per heavy atom. The number of pyridine rings is 1. The van der Waals surface area contributed by atoms with E-state index in [9.17, 15) is 0 Å². The molecular formula is C12H11N3S. The molecule has 0 amide bonds. The van der Waals surface area contributed by atoms with Crippen molar-refractivity contribution in [1.29, 1.82) is 5.26 Å². The highest BCUT2D eigenvalue weighted by Gasteiger charge is 2.00. The number of thiophene rings is 1. The second-order valence-electron chi connectivity index (χ2n) is 3.46. The predicted octanol–water partition coefficient (Wildman–Crippen LogP) is 2.94. The van der Waals surface area contributed by atoms with Gasteiger partial charge in [0.25, 0.3) is 0 Å². The van der Waals surface area contributed by atoms with Crippen molar-refractivity contribution < 1.29 is 0 Å². The molecule has 16 heavy (non-hydrogen) atoms. The molecule has 0 aliphatic heterocycles. The Bertz CT molecular complexity index is 525. The summed E-state index contributed by atoms with van der Waals surface area (Å²) in [5.74, 6) is 0. The van der Waals surface area contributed by atoms with Crippen LogP contribution in [0.3, 0.4) is 0 Å². The molecular weight excluding hydrogens is 218 g/mol. The van der Waals surface area contributed by atoms with Gasteiger partial charge in [0.15, 0.2) is 0 Å². The first kappa shape index (κ1) is 10.7. The third-order valence-corrected chi connectivity index (χ3v) is 3.21. The fourth-order valence-corrected chi connectivity index (χ4v) is 2.11. The minimum absolute atomic E-state index is 0.727. The van der Waals surface area contributed by atoms with Gasteiger partial charge in [0.2, 0.25) is 0 Å². The lowest BCUT2D eigenvalue weighted by Gasteiger charge is -2.06. The van der Waals surface area contributed by atoms with E-state index in [-0.39, 0.29) is 0 Å². The van der Waals surface area contributed by atoms with Gasteiger partial charge in [-0.25, -0.2) is 0 Å². The zero-order chi connectivity index (χ0) is 11.4. The summed E-state index contributed by atoms with van der Waals surface area (Å²) in [6, 6.07) is 6.00. The van der Waals surface area contributed by atoms with Crippen LogP contribution in [-0.4, -0.2) is 4.98 Å². The van der Waals surface area contributed by atoms with Crippen LogP contribution in [0.4, 0.5) is 5.69 Å². The second-order valence-corrected chi connectivity index (χ2v) is 4.45. The Kier molecular flexibility index (Phi) is 3.18. The predicted molar refractivity (Wildman–Crippen MR) is 65.3 cm³/mol. The molecule has 0 aliphatic rings. The summed E-state index contributed by atoms with van der Waals surface area (Å²) in [7, 11) is 0. The number of hydrogen-bond acceptors (Lipinski definition) is 4. The Morgan fingerprint density at radius 2 is 2.44 bits per heavy atom. The zero-order valence-corrected chi connectivity index (χ0v) is 9.71. The molecule has 2 rings (SSSR count). The van der Waals surface area contributed by atoms with Crippen LogP contribution >= 0.6 is 11.3 Å². The number of aromatic nitrogens is 1. The van der Waals surface area contributed by atoms with E-state index in [4.69, 9.17) is 5.26 Å². The lowest BCUT2D eigenvalue weighted by atomic mass is 10.2. The number of aryl methyl sites for hydroxylation is 1. The SMILES string of the molecule is Cc1ccncc1NCc1cc(C#N)cs1. The Balaban J connectivity index is 2.03. The van der Waals surface area contributed by atoms with E-state index < -0.39 is 0 Å². The molecule has 0 aliphatic carbocycles. The smallest absolute Gasteiger partial charge is 0.100 e. The van der Waals surface area contributed by atoms with Crippen LogP contribution in [-0.2, 0) is 6.54 Å². The highest BCUT2D eigenvalue weighted by atomic mass is 32.1. The molecule has 1 N–H and O–H groups in total. The third kappa shape index (κ3) is 2.38. The van der Waals surface area contributed by atoms with Crippen molar-refractivity contribution in [1.82, 2.24) is 4.98 Å². The molecule has 0 unspecified atom stereocenters. The van der Waals surface area contributed by atoms with Gasteiger partial charge >= 0.3 is 0 Å². The van der Waals surface area contributed by atoms with E-state index in [0.717, 1.165) is 22.7 Å². The molecule has 0 aromatic carbocycles. The monoisotopic (exact) mass is 229 g/mol. The molecule has 3 nitrogen and oxygen atoms in total. The maximum Gasteiger partial charge on any atom is 0.100 e. The van der Waals surface area contributed by atoms with Gasteiger partial charge in [-0.2, -0.15) is 5.26 Å². The molecule has 2 aromatic heterocycles. The van der Waals surface area contributed by atoms with Gasteiger partial charge in [-0.1, -0.05) is 0 Å². The minimum Gasteiger partial charge on any atom is -0.379 e. The second kappa shape index (κ2) is 4.77. The van der Waals surface area contributed by atoms with Crippen LogP contribution in [0.1, 0.15) is 16.0 Å². The minimum atomic E-state index is 0.727. The Labute approximate surface area is 98.4 Å². The van der Waals surface area contributed by atoms with E-state index >= 15 is 0 Å². The number of hydrogen-bond donors (Lipinski definition) is 1. The lowest BCUT2D eigenvalue weighted by Crippen LogP contribution is -1.99. The maximum absolute atomic E-state index is 8.71. The normalized spacial score (nSPS) is 9.75. The average Bonchev–Trinajstić information content (AvgIpc) is 2.76. The largest absolute Gasteiger partial charge is 0.379 e. The quantitative estimate of drug-likeness (QED) is 0.880. The molecule has 0 atom stereocenters. The molecule has 0 bridgehead atoms. The molecule has 0 saturated carbocycles. The van der Waals surface area contributed by atoms with Crippen molar-refractivity contribution in [3.63, 3.8) is 0 Å². The van der Waals surface area contributed by atoms with Crippen LogP contribution in [0.2, 0.25) is 0 Å². The average molecular weight is 229 g/mol. The van der Waals surface area contributed by atoms with Crippen LogP contribution in [0.5, 0.6) is 0 Å². The molecule has 0 fully saturated rings. The number of anilines is 1. The summed E-state index contributed by atoms with van der Waals surface area (Å²) in [4.78, 5) is 5.22. The molecule has 0 spiro atoms. The summed E-state index contributed by atoms with van der Waals surface area (Å²) in [5, 5.41) is 13.9. The summed E-state index contributed by atoms with van der Waals surface area (Å²) >= 11 is 1.59. The van der Waals surface area contributed by atoms with Gasteiger partial charge in [-0.05, 0) is 24.6 Å². The Morgan fingerprint density at radius 3 is 3.12 bits per heavy atom. The van der Waals surface area contributed by atoms with Crippen LogP contribution < -0.4 is 5.32 Å². The first-order valence-electron chi connectivity index (χ1n) is 4.91. The zero-order valence-electron chi connectivity index (χ0n) is 8.90. The van der Waals surface area contributed by atoms with E-state index in [1.165, 1.54) is 5.56 Å². The summed E-state index contributed by atoms with van der Waals surface area (Å²) < 4.78 is 0. The fourth-order valence-electron chi connectivity index (χ4n) is 1.36. The fraction of sp³-hybridized carbons (Fsp3) is 0.167. The number of nitriles is 1. The molecule has 0 radical (unpaired) electrons. The van der Waals surface area contributed by atoms with Crippen LogP contribution in [0.15, 0.2) is 29.9 Å². The summed E-state index contributed by atoms with van der Waals surface area (Å²) in [5.41, 5.74) is 2.94. The van der Waals surface area contributed by atoms with E-state index in [0.29, 0.717) is 0 Å². The van der Waals surface area contributed by atoms with Gasteiger partial charge in [-0.15, -0.1) is 11.3 Å². The number of nitrogens with zero attached hydrogens (tertiary/aromatic N) is 2. The number of nitrogens with one attached hydrogen (secondary N) is 1. The van der Waals surface area contributed by atoms with Crippen LogP contribution in [0.25, 0.3) is 0 Å². The van der Waals surface area contributed by atoms with E-state index in [1.54, 1.807) is 17.5 Å². The third-order valence-electron chi connectivity index (χ3n) is 2.28. The standard InChI is InChI=1S/C12H11N3S/c1-9-2-3-14-7-12(9)15-6-11-4-10(5-13)8-16-11/h2-4,7-8,15H,6H2,1H3. The van der Waals surface area contributed by atoms with E-state index in [1.807, 2.05) is 30.6 Å². The summed E-state index contributed by atoms with van der Waals surface area (Å²) in [6.45, 7) is 2.78. The highest BCUT2D eigenvalue weighted by Crippen LogP contribution is 2.17. The molecule has 2 aromatic rings. The highest BCUT2D eigenvalue weighted by molar-refractivity contribution is 7.10. The topological polar surface area (TPSA) is 48.7 Å². The van der Waals surface area contributed by atoms with Crippen molar-refractivity contribution in [2.24, 2.45) is 0 Å². The first-order chi connectivity index (χ1) is 7.79. The van der Waals surface area contributed by atoms with Gasteiger partial charge in [0.1, 0.15) is 6.07 Å². The van der Waals surface area contributed by atoms with Crippen molar-refractivity contribution in [2.75, 3.05) is 5.32 Å². The number of rotatable bonds is 3. The van der Waals surface area contributed by atoms with Crippen molar-refractivity contribution >= 4 is 17.0 Å².